The van der Waals surface area contributed by atoms with Gasteiger partial charge in [0.15, 0.2) is 6.29 Å². The topological polar surface area (TPSA) is 38.7 Å². The van der Waals surface area contributed by atoms with Crippen molar-refractivity contribution >= 4 is 0 Å². The van der Waals surface area contributed by atoms with Crippen molar-refractivity contribution in [3.8, 4) is 0 Å². The molecule has 1 aliphatic rings. The number of rotatable bonds is 6. The summed E-state index contributed by atoms with van der Waals surface area (Å²) in [5, 5.41) is 8.55. The highest BCUT2D eigenvalue weighted by molar-refractivity contribution is 4.53. The van der Waals surface area contributed by atoms with E-state index in [1.54, 1.807) is 0 Å². The molecule has 0 amide bonds. The summed E-state index contributed by atoms with van der Waals surface area (Å²) >= 11 is 0. The van der Waals surface area contributed by atoms with E-state index in [9.17, 15) is 0 Å². The van der Waals surface area contributed by atoms with Crippen molar-refractivity contribution < 1.29 is 14.6 Å². The van der Waals surface area contributed by atoms with E-state index in [-0.39, 0.29) is 6.29 Å². The number of aliphatic hydroxyl groups is 1. The van der Waals surface area contributed by atoms with Crippen LogP contribution in [0.2, 0.25) is 0 Å². The maximum absolute atomic E-state index is 8.55. The van der Waals surface area contributed by atoms with E-state index in [1.807, 2.05) is 0 Å². The van der Waals surface area contributed by atoms with Gasteiger partial charge in [-0.25, -0.2) is 0 Å². The Balaban J connectivity index is 1.86. The molecule has 0 radical (unpaired) electrons. The molecule has 3 nitrogen and oxygen atoms in total. The fourth-order valence-corrected chi connectivity index (χ4v) is 1.45. The normalized spacial score (nSPS) is 23.3. The second-order valence-corrected chi connectivity index (χ2v) is 3.45. The zero-order valence-electron chi connectivity index (χ0n) is 8.21. The van der Waals surface area contributed by atoms with Gasteiger partial charge in [0.05, 0.1) is 0 Å². The summed E-state index contributed by atoms with van der Waals surface area (Å²) in [6.45, 7) is 1.91. The van der Waals surface area contributed by atoms with Gasteiger partial charge in [-0.1, -0.05) is 0 Å². The molecule has 0 aromatic heterocycles. The van der Waals surface area contributed by atoms with Crippen molar-refractivity contribution in [2.75, 3.05) is 19.8 Å². The third-order valence-corrected chi connectivity index (χ3v) is 2.24. The minimum Gasteiger partial charge on any atom is -0.396 e. The number of ether oxygens (including phenoxy) is 2. The highest BCUT2D eigenvalue weighted by Crippen LogP contribution is 2.13. The summed E-state index contributed by atoms with van der Waals surface area (Å²) in [6, 6.07) is 0. The van der Waals surface area contributed by atoms with Gasteiger partial charge < -0.3 is 14.6 Å². The first kappa shape index (κ1) is 11.0. The fourth-order valence-electron chi connectivity index (χ4n) is 1.45. The molecule has 0 bridgehead atoms. The predicted octanol–water partition coefficient (Wildman–Crippen LogP) is 1.69. The van der Waals surface area contributed by atoms with Crippen LogP contribution in [0.15, 0.2) is 0 Å². The number of hydrogen-bond acceptors (Lipinski definition) is 3. The molecular formula is C10H20O3. The van der Waals surface area contributed by atoms with Gasteiger partial charge in [0.25, 0.3) is 0 Å². The van der Waals surface area contributed by atoms with Crippen molar-refractivity contribution in [2.45, 2.75) is 44.8 Å². The summed E-state index contributed by atoms with van der Waals surface area (Å²) in [6.07, 6.45) is 6.44. The van der Waals surface area contributed by atoms with E-state index in [4.69, 9.17) is 14.6 Å². The zero-order valence-corrected chi connectivity index (χ0v) is 8.21. The van der Waals surface area contributed by atoms with E-state index >= 15 is 0 Å². The minimum absolute atomic E-state index is 0.0443. The van der Waals surface area contributed by atoms with E-state index < -0.39 is 0 Å². The van der Waals surface area contributed by atoms with Crippen LogP contribution in [0.25, 0.3) is 0 Å². The number of unbranched alkanes of at least 4 members (excludes halogenated alkanes) is 2. The Morgan fingerprint density at radius 2 is 2.15 bits per heavy atom. The van der Waals surface area contributed by atoms with Crippen LogP contribution < -0.4 is 0 Å². The molecule has 1 saturated heterocycles. The average Bonchev–Trinajstić information content (AvgIpc) is 2.19. The third-order valence-electron chi connectivity index (χ3n) is 2.24. The largest absolute Gasteiger partial charge is 0.396 e. The Labute approximate surface area is 80.0 Å². The van der Waals surface area contributed by atoms with Gasteiger partial charge in [-0.05, 0) is 38.5 Å². The second-order valence-electron chi connectivity index (χ2n) is 3.45. The summed E-state index contributed by atoms with van der Waals surface area (Å²) in [5.74, 6) is 0. The first-order valence-corrected chi connectivity index (χ1v) is 5.27. The van der Waals surface area contributed by atoms with Crippen molar-refractivity contribution in [3.63, 3.8) is 0 Å². The molecule has 3 heteroatoms. The molecule has 1 unspecified atom stereocenters. The zero-order chi connectivity index (χ0) is 9.36. The van der Waals surface area contributed by atoms with E-state index in [0.29, 0.717) is 6.61 Å². The number of hydrogen-bond donors (Lipinski definition) is 1. The van der Waals surface area contributed by atoms with Gasteiger partial charge in [-0.2, -0.15) is 0 Å². The van der Waals surface area contributed by atoms with Gasteiger partial charge in [0, 0.05) is 19.8 Å². The van der Waals surface area contributed by atoms with E-state index in [1.165, 1.54) is 12.8 Å². The van der Waals surface area contributed by atoms with Crippen molar-refractivity contribution in [1.29, 1.82) is 0 Å². The molecule has 13 heavy (non-hydrogen) atoms. The molecular weight excluding hydrogens is 168 g/mol. The molecule has 0 saturated carbocycles. The van der Waals surface area contributed by atoms with Gasteiger partial charge in [-0.3, -0.25) is 0 Å². The highest BCUT2D eigenvalue weighted by Gasteiger charge is 2.12. The van der Waals surface area contributed by atoms with Crippen molar-refractivity contribution in [1.82, 2.24) is 0 Å². The molecule has 0 aliphatic carbocycles. The quantitative estimate of drug-likeness (QED) is 0.645. The molecule has 1 atom stereocenters. The molecule has 1 rings (SSSR count). The first-order chi connectivity index (χ1) is 6.43. The highest BCUT2D eigenvalue weighted by atomic mass is 16.7. The van der Waals surface area contributed by atoms with E-state index in [2.05, 4.69) is 0 Å². The van der Waals surface area contributed by atoms with Crippen LogP contribution in [0.4, 0.5) is 0 Å². The monoisotopic (exact) mass is 188 g/mol. The van der Waals surface area contributed by atoms with Crippen LogP contribution in [0.1, 0.15) is 38.5 Å². The summed E-state index contributed by atoms with van der Waals surface area (Å²) < 4.78 is 10.9. The maximum Gasteiger partial charge on any atom is 0.157 e. The Hall–Kier alpha value is -0.120. The predicted molar refractivity (Wildman–Crippen MR) is 50.5 cm³/mol. The van der Waals surface area contributed by atoms with Gasteiger partial charge >= 0.3 is 0 Å². The lowest BCUT2D eigenvalue weighted by atomic mass is 10.2. The van der Waals surface area contributed by atoms with Crippen LogP contribution in [0.5, 0.6) is 0 Å². The van der Waals surface area contributed by atoms with E-state index in [0.717, 1.165) is 38.9 Å². The molecule has 1 aliphatic heterocycles. The van der Waals surface area contributed by atoms with Crippen LogP contribution >= 0.6 is 0 Å². The molecule has 1 N–H and O–H groups in total. The lowest BCUT2D eigenvalue weighted by Gasteiger charge is -2.22. The maximum atomic E-state index is 8.55. The molecule has 0 aromatic carbocycles. The van der Waals surface area contributed by atoms with Gasteiger partial charge in [0.1, 0.15) is 0 Å². The third kappa shape index (κ3) is 5.24. The lowest BCUT2D eigenvalue weighted by Crippen LogP contribution is -2.22. The van der Waals surface area contributed by atoms with Gasteiger partial charge in [-0.15, -0.1) is 0 Å². The Kier molecular flexibility index (Phi) is 6.15. The molecule has 78 valence electrons. The Morgan fingerprint density at radius 1 is 1.23 bits per heavy atom. The second kappa shape index (κ2) is 7.30. The molecule has 0 spiro atoms. The molecule has 1 heterocycles. The SMILES string of the molecule is OCCCCCOC1CCCCO1. The fraction of sp³-hybridized carbons (Fsp3) is 1.00. The standard InChI is InChI=1S/C10H20O3/c11-7-3-1-4-8-12-10-6-2-5-9-13-10/h10-11H,1-9H2. The summed E-state index contributed by atoms with van der Waals surface area (Å²) in [5.41, 5.74) is 0. The van der Waals surface area contributed by atoms with Crippen LogP contribution in [0.3, 0.4) is 0 Å². The first-order valence-electron chi connectivity index (χ1n) is 5.27. The summed E-state index contributed by atoms with van der Waals surface area (Å²) in [4.78, 5) is 0. The van der Waals surface area contributed by atoms with Crippen molar-refractivity contribution in [2.24, 2.45) is 0 Å². The lowest BCUT2D eigenvalue weighted by molar-refractivity contribution is -0.162. The minimum atomic E-state index is 0.0443. The van der Waals surface area contributed by atoms with Crippen LogP contribution in [-0.2, 0) is 9.47 Å². The van der Waals surface area contributed by atoms with Crippen LogP contribution in [0, 0.1) is 0 Å². The number of aliphatic hydroxyl groups excluding tert-OH is 1. The Morgan fingerprint density at radius 3 is 2.85 bits per heavy atom. The van der Waals surface area contributed by atoms with Crippen LogP contribution in [-0.4, -0.2) is 31.2 Å². The summed E-state index contributed by atoms with van der Waals surface area (Å²) in [7, 11) is 0. The Bertz CT molecular complexity index is 111. The average molecular weight is 188 g/mol. The molecule has 1 fully saturated rings. The molecule has 0 aromatic rings. The van der Waals surface area contributed by atoms with Gasteiger partial charge in [0.2, 0.25) is 0 Å². The smallest absolute Gasteiger partial charge is 0.157 e. The van der Waals surface area contributed by atoms with Crippen molar-refractivity contribution in [3.05, 3.63) is 0 Å².